The van der Waals surface area contributed by atoms with E-state index in [0.717, 1.165) is 29.8 Å². The van der Waals surface area contributed by atoms with Gasteiger partial charge in [0.1, 0.15) is 0 Å². The number of nitrogens with zero attached hydrogens (tertiary/aromatic N) is 2. The molecule has 7 heteroatoms. The fourth-order valence-electron chi connectivity index (χ4n) is 3.37. The van der Waals surface area contributed by atoms with E-state index in [9.17, 15) is 9.59 Å². The zero-order valence-corrected chi connectivity index (χ0v) is 17.7. The highest BCUT2D eigenvalue weighted by molar-refractivity contribution is 6.31. The molecule has 0 unspecified atom stereocenters. The molecular weight excluding hydrogens is 400 g/mol. The lowest BCUT2D eigenvalue weighted by atomic mass is 10.1. The molecule has 0 saturated heterocycles. The second kappa shape index (κ2) is 8.32. The summed E-state index contributed by atoms with van der Waals surface area (Å²) in [5.74, 6) is -0.0370. The smallest absolute Gasteiger partial charge is 0.259 e. The van der Waals surface area contributed by atoms with E-state index in [-0.39, 0.29) is 11.8 Å². The van der Waals surface area contributed by atoms with E-state index in [2.05, 4.69) is 15.7 Å². The van der Waals surface area contributed by atoms with Crippen LogP contribution < -0.4 is 10.6 Å². The number of aryl methyl sites for hydroxylation is 1. The summed E-state index contributed by atoms with van der Waals surface area (Å²) in [6, 6.07) is 12.6. The average Bonchev–Trinajstić information content (AvgIpc) is 3.48. The number of rotatable bonds is 6. The predicted octanol–water partition coefficient (Wildman–Crippen LogP) is 4.71. The van der Waals surface area contributed by atoms with Crippen LogP contribution in [0.25, 0.3) is 5.69 Å². The van der Waals surface area contributed by atoms with Gasteiger partial charge in [0.2, 0.25) is 0 Å². The van der Waals surface area contributed by atoms with Crippen molar-refractivity contribution >= 4 is 29.1 Å². The SMILES string of the molecule is CCNC(=O)c1ccc(NC(=O)c2cnn(-c3ccc(C)c(Cl)c3)c2C2CC2)cc1. The Morgan fingerprint density at radius 3 is 2.50 bits per heavy atom. The first-order chi connectivity index (χ1) is 14.5. The van der Waals surface area contributed by atoms with Gasteiger partial charge in [-0.25, -0.2) is 4.68 Å². The molecule has 0 aliphatic heterocycles. The van der Waals surface area contributed by atoms with E-state index < -0.39 is 0 Å². The van der Waals surface area contributed by atoms with Crippen LogP contribution in [0.2, 0.25) is 5.02 Å². The third kappa shape index (κ3) is 4.09. The summed E-state index contributed by atoms with van der Waals surface area (Å²) in [7, 11) is 0. The zero-order valence-electron chi connectivity index (χ0n) is 16.9. The van der Waals surface area contributed by atoms with E-state index in [1.165, 1.54) is 0 Å². The Morgan fingerprint density at radius 1 is 1.13 bits per heavy atom. The Balaban J connectivity index is 1.58. The summed E-state index contributed by atoms with van der Waals surface area (Å²) in [5.41, 5.74) is 4.49. The fourth-order valence-corrected chi connectivity index (χ4v) is 3.54. The van der Waals surface area contributed by atoms with Crippen molar-refractivity contribution in [2.75, 3.05) is 11.9 Å². The molecule has 1 aromatic heterocycles. The third-order valence-corrected chi connectivity index (χ3v) is 5.56. The van der Waals surface area contributed by atoms with Crippen LogP contribution >= 0.6 is 11.6 Å². The van der Waals surface area contributed by atoms with Crippen LogP contribution in [0.1, 0.15) is 57.7 Å². The Morgan fingerprint density at radius 2 is 1.87 bits per heavy atom. The molecule has 2 N–H and O–H groups in total. The molecule has 0 bridgehead atoms. The van der Waals surface area contributed by atoms with Crippen LogP contribution in [0.5, 0.6) is 0 Å². The number of anilines is 1. The monoisotopic (exact) mass is 422 g/mol. The van der Waals surface area contributed by atoms with Gasteiger partial charge in [-0.1, -0.05) is 17.7 Å². The van der Waals surface area contributed by atoms with Gasteiger partial charge in [0, 0.05) is 28.7 Å². The largest absolute Gasteiger partial charge is 0.352 e. The van der Waals surface area contributed by atoms with Crippen LogP contribution in [-0.2, 0) is 0 Å². The number of hydrogen-bond donors (Lipinski definition) is 2. The maximum atomic E-state index is 13.0. The maximum absolute atomic E-state index is 13.0. The van der Waals surface area contributed by atoms with Gasteiger partial charge in [0.25, 0.3) is 11.8 Å². The predicted molar refractivity (Wildman–Crippen MR) is 118 cm³/mol. The molecule has 4 rings (SSSR count). The first-order valence-electron chi connectivity index (χ1n) is 10.0. The molecule has 0 spiro atoms. The first kappa shape index (κ1) is 20.2. The van der Waals surface area contributed by atoms with Crippen molar-refractivity contribution in [3.63, 3.8) is 0 Å². The van der Waals surface area contributed by atoms with Crippen LogP contribution in [0, 0.1) is 6.92 Å². The van der Waals surface area contributed by atoms with Crippen molar-refractivity contribution in [3.05, 3.63) is 76.1 Å². The molecule has 3 aromatic rings. The summed E-state index contributed by atoms with van der Waals surface area (Å²) in [6.07, 6.45) is 3.68. The van der Waals surface area contributed by atoms with E-state index in [1.807, 2.05) is 36.7 Å². The molecule has 2 aromatic carbocycles. The van der Waals surface area contributed by atoms with Crippen LogP contribution in [0.15, 0.2) is 48.7 Å². The zero-order chi connectivity index (χ0) is 21.3. The standard InChI is InChI=1S/C23H23ClN4O2/c1-3-25-22(29)16-7-9-17(10-8-16)27-23(30)19-13-26-28(21(19)15-5-6-15)18-11-4-14(2)20(24)12-18/h4,7-13,15H,3,5-6H2,1-2H3,(H,25,29)(H,27,30). The lowest BCUT2D eigenvalue weighted by molar-refractivity contribution is 0.0955. The minimum absolute atomic E-state index is 0.135. The second-order valence-electron chi connectivity index (χ2n) is 7.45. The lowest BCUT2D eigenvalue weighted by Gasteiger charge is -2.11. The van der Waals surface area contributed by atoms with E-state index in [1.54, 1.807) is 30.5 Å². The van der Waals surface area contributed by atoms with Gasteiger partial charge in [-0.3, -0.25) is 9.59 Å². The highest BCUT2D eigenvalue weighted by Crippen LogP contribution is 2.42. The highest BCUT2D eigenvalue weighted by atomic mass is 35.5. The van der Waals surface area contributed by atoms with Gasteiger partial charge in [-0.2, -0.15) is 5.10 Å². The molecule has 154 valence electrons. The number of benzene rings is 2. The van der Waals surface area contributed by atoms with Crippen molar-refractivity contribution in [1.82, 2.24) is 15.1 Å². The number of nitrogens with one attached hydrogen (secondary N) is 2. The molecule has 0 atom stereocenters. The molecule has 2 amide bonds. The molecule has 0 radical (unpaired) electrons. The molecule has 1 fully saturated rings. The summed E-state index contributed by atoms with van der Waals surface area (Å²) >= 11 is 6.29. The van der Waals surface area contributed by atoms with Gasteiger partial charge in [0.15, 0.2) is 0 Å². The van der Waals surface area contributed by atoms with Crippen molar-refractivity contribution in [1.29, 1.82) is 0 Å². The topological polar surface area (TPSA) is 76.0 Å². The Bertz CT molecular complexity index is 1100. The summed E-state index contributed by atoms with van der Waals surface area (Å²) in [6.45, 7) is 4.39. The van der Waals surface area contributed by atoms with Gasteiger partial charge in [-0.15, -0.1) is 0 Å². The molecule has 1 saturated carbocycles. The van der Waals surface area contributed by atoms with Crippen LogP contribution in [-0.4, -0.2) is 28.1 Å². The van der Waals surface area contributed by atoms with E-state index in [0.29, 0.717) is 34.3 Å². The number of aromatic nitrogens is 2. The van der Waals surface area contributed by atoms with Gasteiger partial charge >= 0.3 is 0 Å². The third-order valence-electron chi connectivity index (χ3n) is 5.16. The van der Waals surface area contributed by atoms with E-state index >= 15 is 0 Å². The lowest BCUT2D eigenvalue weighted by Crippen LogP contribution is -2.22. The Labute approximate surface area is 180 Å². The molecular formula is C23H23ClN4O2. The van der Waals surface area contributed by atoms with Gasteiger partial charge < -0.3 is 10.6 Å². The number of halogens is 1. The summed E-state index contributed by atoms with van der Waals surface area (Å²) in [4.78, 5) is 24.9. The Hall–Kier alpha value is -3.12. The maximum Gasteiger partial charge on any atom is 0.259 e. The van der Waals surface area contributed by atoms with Crippen molar-refractivity contribution in [2.24, 2.45) is 0 Å². The quantitative estimate of drug-likeness (QED) is 0.603. The highest BCUT2D eigenvalue weighted by Gasteiger charge is 2.33. The molecule has 30 heavy (non-hydrogen) atoms. The van der Waals surface area contributed by atoms with Crippen LogP contribution in [0.3, 0.4) is 0 Å². The summed E-state index contributed by atoms with van der Waals surface area (Å²) in [5, 5.41) is 10.8. The molecule has 1 heterocycles. The molecule has 1 aliphatic carbocycles. The number of carbonyl (C=O) groups is 2. The molecule has 1 aliphatic rings. The molecule has 6 nitrogen and oxygen atoms in total. The fraction of sp³-hybridized carbons (Fsp3) is 0.261. The average molecular weight is 423 g/mol. The summed E-state index contributed by atoms with van der Waals surface area (Å²) < 4.78 is 1.82. The normalized spacial score (nSPS) is 13.2. The Kier molecular flexibility index (Phi) is 5.59. The minimum atomic E-state index is -0.216. The van der Waals surface area contributed by atoms with Crippen molar-refractivity contribution < 1.29 is 9.59 Å². The van der Waals surface area contributed by atoms with Crippen molar-refractivity contribution in [2.45, 2.75) is 32.6 Å². The van der Waals surface area contributed by atoms with Gasteiger partial charge in [-0.05, 0) is 68.7 Å². The minimum Gasteiger partial charge on any atom is -0.352 e. The number of hydrogen-bond acceptors (Lipinski definition) is 3. The van der Waals surface area contributed by atoms with Crippen molar-refractivity contribution in [3.8, 4) is 5.69 Å². The second-order valence-corrected chi connectivity index (χ2v) is 7.86. The number of amides is 2. The first-order valence-corrected chi connectivity index (χ1v) is 10.4. The van der Waals surface area contributed by atoms with E-state index in [4.69, 9.17) is 11.6 Å². The van der Waals surface area contributed by atoms with Crippen LogP contribution in [0.4, 0.5) is 5.69 Å². The van der Waals surface area contributed by atoms with Gasteiger partial charge in [0.05, 0.1) is 23.1 Å². The number of carbonyl (C=O) groups excluding carboxylic acids is 2.